The number of hydrogen-bond donors (Lipinski definition) is 0. The maximum absolute atomic E-state index is 13.4. The van der Waals surface area contributed by atoms with Gasteiger partial charge in [0.05, 0.1) is 37.5 Å². The van der Waals surface area contributed by atoms with Crippen LogP contribution >= 0.6 is 15.9 Å². The van der Waals surface area contributed by atoms with Crippen molar-refractivity contribution in [3.8, 4) is 22.9 Å². The van der Waals surface area contributed by atoms with E-state index in [1.807, 2.05) is 161 Å². The van der Waals surface area contributed by atoms with Gasteiger partial charge in [-0.1, -0.05) is 137 Å². The van der Waals surface area contributed by atoms with E-state index in [9.17, 15) is 9.59 Å². The molecule has 3 aliphatic heterocycles. The molecule has 5 heterocycles. The van der Waals surface area contributed by atoms with E-state index in [0.29, 0.717) is 37.7 Å². The first-order valence-corrected chi connectivity index (χ1v) is 28.2. The van der Waals surface area contributed by atoms with Gasteiger partial charge in [-0.2, -0.15) is 0 Å². The summed E-state index contributed by atoms with van der Waals surface area (Å²) in [5.74, 6) is 1.15. The van der Waals surface area contributed by atoms with E-state index >= 15 is 0 Å². The molecule has 3 aliphatic rings. The fourth-order valence-corrected chi connectivity index (χ4v) is 10.5. The predicted molar refractivity (Wildman–Crippen MR) is 322 cm³/mol. The molecule has 3 fully saturated rings. The average molecular weight is 1450 g/mol. The second kappa shape index (κ2) is 34.5. The molecule has 0 saturated carbocycles. The zero-order chi connectivity index (χ0) is 59.7. The Morgan fingerprint density at radius 1 is 0.667 bits per heavy atom. The Balaban J connectivity index is 0.000000332. The van der Waals surface area contributed by atoms with Crippen LogP contribution in [0.15, 0.2) is 175 Å². The van der Waals surface area contributed by atoms with Crippen molar-refractivity contribution in [3.63, 3.8) is 0 Å². The van der Waals surface area contributed by atoms with E-state index in [2.05, 4.69) is 82.1 Å². The monoisotopic (exact) mass is 1450 g/mol. The molecule has 4 aromatic carbocycles. The fourth-order valence-electron chi connectivity index (χ4n) is 10.2. The maximum Gasteiger partial charge on any atom is 1.00 e. The number of methoxy groups -OCH3 is 2. The number of rotatable bonds is 15. The molecule has 3 saturated heterocycles. The Labute approximate surface area is 624 Å². The molecule has 19 heteroatoms. The Kier molecular flexibility index (Phi) is 30.1. The topological polar surface area (TPSA) is 171 Å². The van der Waals surface area contributed by atoms with Crippen molar-refractivity contribution in [2.75, 3.05) is 27.3 Å². The molecule has 2 amide bonds. The van der Waals surface area contributed by atoms with Crippen LogP contribution in [0, 0.1) is 0 Å². The molecule has 6 aromatic rings. The summed E-state index contributed by atoms with van der Waals surface area (Å²) in [5.41, 5.74) is 7.31. The van der Waals surface area contributed by atoms with Crippen LogP contribution < -0.4 is 158 Å². The van der Waals surface area contributed by atoms with E-state index in [0.717, 1.165) is 80.1 Å². The van der Waals surface area contributed by atoms with Crippen LogP contribution in [-0.4, -0.2) is 84.1 Å². The number of halogens is 1. The summed E-state index contributed by atoms with van der Waals surface area (Å²) in [4.78, 5) is 49.7. The minimum absolute atomic E-state index is 0. The summed E-state index contributed by atoms with van der Waals surface area (Å²) in [5, 5.41) is 8.43. The fraction of sp³-hybridized carbons (Fsp3) is 0.369. The number of hydrogen-bond acceptors (Lipinski definition) is 13. The second-order valence-electron chi connectivity index (χ2n) is 21.8. The van der Waals surface area contributed by atoms with E-state index in [4.69, 9.17) is 38.3 Å². The zero-order valence-electron chi connectivity index (χ0n) is 51.9. The van der Waals surface area contributed by atoms with Crippen molar-refractivity contribution < 1.29 is 192 Å². The molecule has 2 unspecified atom stereocenters. The van der Waals surface area contributed by atoms with Crippen molar-refractivity contribution in [1.29, 1.82) is 0 Å². The van der Waals surface area contributed by atoms with Crippen LogP contribution in [0.3, 0.4) is 0 Å². The van der Waals surface area contributed by atoms with Crippen LogP contribution in [-0.2, 0) is 39.7 Å². The molecule has 436 valence electrons. The first-order chi connectivity index (χ1) is 39.1. The molecule has 2 aromatic heterocycles. The molecule has 0 bridgehead atoms. The largest absolute Gasteiger partial charge is 1.00 e. The molecule has 9 rings (SSSR count). The number of amides is 2. The Morgan fingerprint density at radius 2 is 1.07 bits per heavy atom. The van der Waals surface area contributed by atoms with Gasteiger partial charge in [0.25, 0.3) is 6.47 Å². The first kappa shape index (κ1) is 73.3. The number of carbonyl (C=O) groups excluding carboxylic acids is 3. The van der Waals surface area contributed by atoms with Gasteiger partial charge < -0.3 is 49.6 Å². The predicted octanol–water partition coefficient (Wildman–Crippen LogP) is 7.46. The minimum Gasteiger partial charge on any atom is -1.00 e. The normalized spacial score (nSPS) is 19.2. The number of carbonyl (C=O) groups is 3. The van der Waals surface area contributed by atoms with Gasteiger partial charge in [-0.3, -0.25) is 4.79 Å². The Bertz CT molecular complexity index is 3060. The first-order valence-electron chi connectivity index (χ1n) is 27.4. The molecule has 0 N–H and O–H groups in total. The second-order valence-corrected chi connectivity index (χ2v) is 22.8. The van der Waals surface area contributed by atoms with Gasteiger partial charge in [0, 0.05) is 54.9 Å². The molecule has 0 spiro atoms. The third-order valence-corrected chi connectivity index (χ3v) is 15.8. The maximum atomic E-state index is 13.4. The van der Waals surface area contributed by atoms with Crippen LogP contribution in [0.4, 0.5) is 9.59 Å². The number of aromatic nitrogens is 2. The van der Waals surface area contributed by atoms with Crippen LogP contribution in [0.25, 0.3) is 11.1 Å². The summed E-state index contributed by atoms with van der Waals surface area (Å²) in [6.45, 7) is 25.6. The van der Waals surface area contributed by atoms with Crippen molar-refractivity contribution in [2.45, 2.75) is 128 Å². The van der Waals surface area contributed by atoms with Gasteiger partial charge in [0.2, 0.25) is 11.8 Å². The molecule has 0 aliphatic carbocycles. The van der Waals surface area contributed by atoms with Gasteiger partial charge in [-0.05, 0) is 144 Å². The van der Waals surface area contributed by atoms with Crippen LogP contribution in [0.1, 0.15) is 130 Å². The van der Waals surface area contributed by atoms with E-state index in [1.54, 1.807) is 26.6 Å². The van der Waals surface area contributed by atoms with Crippen molar-refractivity contribution in [3.05, 3.63) is 197 Å². The van der Waals surface area contributed by atoms with Crippen LogP contribution in [0.5, 0.6) is 11.8 Å². The number of ether oxygens (including phenoxy) is 4. The van der Waals surface area contributed by atoms with Crippen molar-refractivity contribution in [1.82, 2.24) is 19.8 Å². The summed E-state index contributed by atoms with van der Waals surface area (Å²) in [7, 11) is 2.84. The average Bonchev–Trinajstić information content (AvgIpc) is 2.48. The number of cyclic esters (lactones) is 2. The quantitative estimate of drug-likeness (QED) is 0.0327. The van der Waals surface area contributed by atoms with Gasteiger partial charge >= 0.3 is 157 Å². The standard InChI is InChI=1S/C29H32N2O3.C23H26BrNO2.C12H18BNO3.CH2O3.2Cs.H/c1-21(2)20-29(26-9-6-5-7-10-26)16-8-18-31(28(32)34-29)22(3)23-11-13-24(14-12-23)25-15-17-30-27(19-25)33-4;1-17(2)16-23(20-8-5-4-6-9-20)14-7-15-25(22(26)27-23)18(3)19-10-12-21(24)13-11-19;1-11(2)12(3,4)17-13(16-11)9-6-7-14-10(8-9)15-5;2-1-4-3;;;/h5-7,9-15,17,19,22H,1,8,16,18,20H2,2-4H3;4-6,8-13,18H,1,7,14-16H2,2-3H3;6-8H,1-5H3;1,3H;;;/q;;;;2*+1;-1/p-1/t22-,29?;18-,23?;;;;;/m00...../s1. The summed E-state index contributed by atoms with van der Waals surface area (Å²) < 4.78 is 35.7. The zero-order valence-corrected chi connectivity index (χ0v) is 65.0. The minimum atomic E-state index is -0.678. The molecule has 15 nitrogen and oxygen atoms in total. The summed E-state index contributed by atoms with van der Waals surface area (Å²) >= 11 is 3.47. The summed E-state index contributed by atoms with van der Waals surface area (Å²) in [6.07, 6.45) is 7.45. The van der Waals surface area contributed by atoms with E-state index < -0.39 is 11.2 Å². The number of nitrogens with zero attached hydrogens (tertiary/aromatic N) is 4. The van der Waals surface area contributed by atoms with Gasteiger partial charge in [0.1, 0.15) is 11.2 Å². The number of pyridine rings is 2. The molecular weight excluding hydrogens is 1370 g/mol. The third kappa shape index (κ3) is 19.9. The molecule has 4 atom stereocenters. The Morgan fingerprint density at radius 3 is 1.48 bits per heavy atom. The molecular formula is C65H78BBrCs2N4O11. The van der Waals surface area contributed by atoms with Gasteiger partial charge in [-0.15, -0.1) is 0 Å². The van der Waals surface area contributed by atoms with Gasteiger partial charge in [0.15, 0.2) is 0 Å². The van der Waals surface area contributed by atoms with E-state index in [-0.39, 0.29) is 188 Å². The number of benzene rings is 4. The van der Waals surface area contributed by atoms with Crippen LogP contribution in [0.2, 0.25) is 0 Å². The summed E-state index contributed by atoms with van der Waals surface area (Å²) in [6, 6.07) is 44.0. The SMILES string of the molecule is C=C(C)CC1(c2ccccc2)CCCN([C@@H](C)c2ccc(-c3ccnc(OC)c3)cc2)C(=O)O1.C=C(C)CC1(c2ccccc2)CCCN([C@@H](C)c2ccc(Br)cc2)C(=O)O1.COc1cc(B2OC(C)(C)C(C)(C)O2)ccn1.O=CO[O-].[Cs+].[Cs+].[H-]. The Hall–Kier alpha value is -3.20. The third-order valence-electron chi connectivity index (χ3n) is 15.3. The van der Waals surface area contributed by atoms with Gasteiger partial charge in [-0.25, -0.2) is 19.6 Å². The molecule has 84 heavy (non-hydrogen) atoms. The molecule has 0 radical (unpaired) electrons. The van der Waals surface area contributed by atoms with Crippen molar-refractivity contribution in [2.24, 2.45) is 0 Å². The van der Waals surface area contributed by atoms with Crippen molar-refractivity contribution >= 4 is 47.2 Å². The smallest absolute Gasteiger partial charge is 1.00 e. The van der Waals surface area contributed by atoms with E-state index in [1.165, 1.54) is 0 Å².